The Labute approximate surface area is 206 Å². The Morgan fingerprint density at radius 2 is 1.74 bits per heavy atom. The lowest BCUT2D eigenvalue weighted by Crippen LogP contribution is -2.24. The quantitative estimate of drug-likeness (QED) is 0.313. The number of para-hydroxylation sites is 2. The van der Waals surface area contributed by atoms with Crippen molar-refractivity contribution in [2.75, 3.05) is 25.2 Å². The standard InChI is InChI=1S/C29H31N3O3/c1-20-9-10-23(17-21(20)2)32-19-22(18-28(32)33)29-30-26-7-4-5-8-27(26)31(29)15-6-16-35-25-13-11-24(34-3)12-14-25/h4-5,7-14,17,22H,6,15-16,18-19H2,1-3H3. The molecule has 0 radical (unpaired) electrons. The number of aryl methyl sites for hydroxylation is 3. The highest BCUT2D eigenvalue weighted by molar-refractivity contribution is 5.96. The number of hydrogen-bond acceptors (Lipinski definition) is 4. The Morgan fingerprint density at radius 1 is 0.971 bits per heavy atom. The van der Waals surface area contributed by atoms with Gasteiger partial charge in [-0.3, -0.25) is 4.79 Å². The molecule has 35 heavy (non-hydrogen) atoms. The van der Waals surface area contributed by atoms with Crippen molar-refractivity contribution in [2.24, 2.45) is 0 Å². The number of aromatic nitrogens is 2. The van der Waals surface area contributed by atoms with Crippen LogP contribution in [0.5, 0.6) is 11.5 Å². The summed E-state index contributed by atoms with van der Waals surface area (Å²) in [7, 11) is 1.65. The number of imidazole rings is 1. The molecule has 180 valence electrons. The number of hydrogen-bond donors (Lipinski definition) is 0. The Balaban J connectivity index is 1.32. The first-order valence-corrected chi connectivity index (χ1v) is 12.1. The smallest absolute Gasteiger partial charge is 0.227 e. The number of fused-ring (bicyclic) bond motifs is 1. The number of ether oxygens (including phenoxy) is 2. The number of amides is 1. The Hall–Kier alpha value is -3.80. The molecule has 1 atom stereocenters. The summed E-state index contributed by atoms with van der Waals surface area (Å²) in [4.78, 5) is 19.9. The molecule has 1 aliphatic rings. The van der Waals surface area contributed by atoms with Crippen molar-refractivity contribution >= 4 is 22.6 Å². The van der Waals surface area contributed by atoms with Crippen molar-refractivity contribution in [3.63, 3.8) is 0 Å². The number of nitrogens with zero attached hydrogens (tertiary/aromatic N) is 3. The van der Waals surface area contributed by atoms with Gasteiger partial charge in [-0.05, 0) is 79.9 Å². The van der Waals surface area contributed by atoms with E-state index in [0.717, 1.165) is 47.0 Å². The number of rotatable bonds is 8. The molecule has 0 spiro atoms. The lowest BCUT2D eigenvalue weighted by Gasteiger charge is -2.18. The van der Waals surface area contributed by atoms with Crippen LogP contribution in [0.15, 0.2) is 66.7 Å². The molecular formula is C29H31N3O3. The van der Waals surface area contributed by atoms with Crippen molar-refractivity contribution < 1.29 is 14.3 Å². The van der Waals surface area contributed by atoms with E-state index in [2.05, 4.69) is 36.6 Å². The molecule has 6 nitrogen and oxygen atoms in total. The first-order valence-electron chi connectivity index (χ1n) is 12.1. The van der Waals surface area contributed by atoms with Crippen LogP contribution in [0.2, 0.25) is 0 Å². The molecule has 2 heterocycles. The van der Waals surface area contributed by atoms with E-state index < -0.39 is 0 Å². The predicted octanol–water partition coefficient (Wildman–Crippen LogP) is 5.65. The average molecular weight is 470 g/mol. The number of benzene rings is 3. The molecule has 1 aromatic heterocycles. The SMILES string of the molecule is COc1ccc(OCCCn2c(C3CC(=O)N(c4ccc(C)c(C)c4)C3)nc3ccccc32)cc1. The Morgan fingerprint density at radius 3 is 2.51 bits per heavy atom. The summed E-state index contributed by atoms with van der Waals surface area (Å²) in [5.41, 5.74) is 5.47. The van der Waals surface area contributed by atoms with Gasteiger partial charge in [0.25, 0.3) is 0 Å². The summed E-state index contributed by atoms with van der Waals surface area (Å²) < 4.78 is 13.4. The molecule has 1 aliphatic heterocycles. The van der Waals surface area contributed by atoms with Gasteiger partial charge in [0, 0.05) is 31.1 Å². The molecule has 1 amide bonds. The van der Waals surface area contributed by atoms with Crippen molar-refractivity contribution in [1.29, 1.82) is 0 Å². The van der Waals surface area contributed by atoms with Crippen molar-refractivity contribution in [3.05, 3.63) is 83.7 Å². The molecular weight excluding hydrogens is 438 g/mol. The first kappa shape index (κ1) is 23.0. The van der Waals surface area contributed by atoms with Crippen LogP contribution in [0.4, 0.5) is 5.69 Å². The fourth-order valence-electron chi connectivity index (χ4n) is 4.75. The van der Waals surface area contributed by atoms with Crippen LogP contribution in [0, 0.1) is 13.8 Å². The zero-order valence-electron chi connectivity index (χ0n) is 20.5. The largest absolute Gasteiger partial charge is 0.497 e. The summed E-state index contributed by atoms with van der Waals surface area (Å²) in [5.74, 6) is 2.83. The molecule has 4 aromatic rings. The second kappa shape index (κ2) is 9.82. The third-order valence-corrected chi connectivity index (χ3v) is 6.83. The highest BCUT2D eigenvalue weighted by Gasteiger charge is 2.34. The molecule has 3 aromatic carbocycles. The molecule has 0 N–H and O–H groups in total. The molecule has 1 saturated heterocycles. The second-order valence-corrected chi connectivity index (χ2v) is 9.16. The highest BCUT2D eigenvalue weighted by Crippen LogP contribution is 2.34. The van der Waals surface area contributed by atoms with E-state index >= 15 is 0 Å². The Bertz CT molecular complexity index is 1340. The maximum absolute atomic E-state index is 13.0. The van der Waals surface area contributed by atoms with Crippen molar-refractivity contribution in [2.45, 2.75) is 39.2 Å². The number of anilines is 1. The minimum Gasteiger partial charge on any atom is -0.497 e. The van der Waals surface area contributed by atoms with Crippen LogP contribution < -0.4 is 14.4 Å². The molecule has 1 fully saturated rings. The first-order chi connectivity index (χ1) is 17.0. The van der Waals surface area contributed by atoms with Crippen molar-refractivity contribution in [1.82, 2.24) is 9.55 Å². The normalized spacial score (nSPS) is 15.7. The summed E-state index contributed by atoms with van der Waals surface area (Å²) in [6, 6.07) is 22.1. The van der Waals surface area contributed by atoms with Crippen LogP contribution in [0.3, 0.4) is 0 Å². The van der Waals surface area contributed by atoms with E-state index in [4.69, 9.17) is 14.5 Å². The van der Waals surface area contributed by atoms with Crippen LogP contribution in [0.1, 0.15) is 35.7 Å². The van der Waals surface area contributed by atoms with Crippen LogP contribution >= 0.6 is 0 Å². The topological polar surface area (TPSA) is 56.6 Å². The zero-order valence-corrected chi connectivity index (χ0v) is 20.5. The van der Waals surface area contributed by atoms with E-state index in [1.807, 2.05) is 53.4 Å². The fourth-order valence-corrected chi connectivity index (χ4v) is 4.75. The molecule has 6 heteroatoms. The number of carbonyl (C=O) groups is 1. The monoisotopic (exact) mass is 469 g/mol. The second-order valence-electron chi connectivity index (χ2n) is 9.16. The third-order valence-electron chi connectivity index (χ3n) is 6.83. The highest BCUT2D eigenvalue weighted by atomic mass is 16.5. The van der Waals surface area contributed by atoms with Gasteiger partial charge in [-0.25, -0.2) is 4.98 Å². The van der Waals surface area contributed by atoms with E-state index in [1.54, 1.807) is 7.11 Å². The molecule has 5 rings (SSSR count). The van der Waals surface area contributed by atoms with Gasteiger partial charge in [0.2, 0.25) is 5.91 Å². The van der Waals surface area contributed by atoms with Gasteiger partial charge in [0.05, 0.1) is 24.8 Å². The van der Waals surface area contributed by atoms with E-state index in [9.17, 15) is 4.79 Å². The van der Waals surface area contributed by atoms with E-state index in [0.29, 0.717) is 19.6 Å². The van der Waals surface area contributed by atoms with Gasteiger partial charge >= 0.3 is 0 Å². The number of methoxy groups -OCH3 is 1. The average Bonchev–Trinajstić information content (AvgIpc) is 3.44. The van der Waals surface area contributed by atoms with Gasteiger partial charge in [-0.15, -0.1) is 0 Å². The van der Waals surface area contributed by atoms with E-state index in [-0.39, 0.29) is 11.8 Å². The Kier molecular flexibility index (Phi) is 6.45. The maximum Gasteiger partial charge on any atom is 0.227 e. The molecule has 0 bridgehead atoms. The summed E-state index contributed by atoms with van der Waals surface area (Å²) >= 11 is 0. The predicted molar refractivity (Wildman–Crippen MR) is 138 cm³/mol. The van der Waals surface area contributed by atoms with Gasteiger partial charge in [0.1, 0.15) is 17.3 Å². The van der Waals surface area contributed by atoms with Crippen LogP contribution in [-0.2, 0) is 11.3 Å². The fraction of sp³-hybridized carbons (Fsp3) is 0.310. The van der Waals surface area contributed by atoms with Crippen molar-refractivity contribution in [3.8, 4) is 11.5 Å². The maximum atomic E-state index is 13.0. The van der Waals surface area contributed by atoms with Gasteiger partial charge < -0.3 is 18.9 Å². The van der Waals surface area contributed by atoms with Gasteiger partial charge in [-0.2, -0.15) is 0 Å². The molecule has 0 aliphatic carbocycles. The minimum atomic E-state index is 0.0546. The summed E-state index contributed by atoms with van der Waals surface area (Å²) in [5, 5.41) is 0. The van der Waals surface area contributed by atoms with Gasteiger partial charge in [0.15, 0.2) is 0 Å². The summed E-state index contributed by atoms with van der Waals surface area (Å²) in [6.07, 6.45) is 1.31. The third kappa shape index (κ3) is 4.74. The number of carbonyl (C=O) groups excluding carboxylic acids is 1. The summed E-state index contributed by atoms with van der Waals surface area (Å²) in [6.45, 7) is 6.20. The minimum absolute atomic E-state index is 0.0546. The van der Waals surface area contributed by atoms with E-state index in [1.165, 1.54) is 11.1 Å². The van der Waals surface area contributed by atoms with Crippen LogP contribution in [0.25, 0.3) is 11.0 Å². The van der Waals surface area contributed by atoms with Crippen LogP contribution in [-0.4, -0.2) is 35.7 Å². The lowest BCUT2D eigenvalue weighted by molar-refractivity contribution is -0.117. The molecule has 1 unspecified atom stereocenters. The van der Waals surface area contributed by atoms with Gasteiger partial charge in [-0.1, -0.05) is 18.2 Å². The zero-order chi connectivity index (χ0) is 24.4. The molecule has 0 saturated carbocycles. The lowest BCUT2D eigenvalue weighted by atomic mass is 10.1.